The summed E-state index contributed by atoms with van der Waals surface area (Å²) < 4.78 is 31.5. The second-order valence-electron chi connectivity index (χ2n) is 7.15. The van der Waals surface area contributed by atoms with Crippen LogP contribution in [0.3, 0.4) is 0 Å². The van der Waals surface area contributed by atoms with Crippen LogP contribution in [-0.4, -0.2) is 40.3 Å². The average molecular weight is 492 g/mol. The molecule has 3 rings (SSSR count). The van der Waals surface area contributed by atoms with Gasteiger partial charge in [-0.1, -0.05) is 6.07 Å². The van der Waals surface area contributed by atoms with Crippen LogP contribution >= 0.6 is 0 Å². The van der Waals surface area contributed by atoms with Crippen molar-refractivity contribution in [2.45, 2.75) is 6.61 Å². The van der Waals surface area contributed by atoms with E-state index in [-0.39, 0.29) is 17.9 Å². The number of hydrogen-bond donors (Lipinski definition) is 1. The molecular formula is C26H24N2O8. The van der Waals surface area contributed by atoms with E-state index in [1.54, 1.807) is 42.5 Å². The second kappa shape index (κ2) is 12.0. The molecule has 10 nitrogen and oxygen atoms in total. The first kappa shape index (κ1) is 25.7. The molecule has 10 heteroatoms. The summed E-state index contributed by atoms with van der Waals surface area (Å²) >= 11 is 0. The number of ether oxygens (including phenoxy) is 5. The molecule has 0 saturated carbocycles. The van der Waals surface area contributed by atoms with Crippen LogP contribution in [0.15, 0.2) is 58.5 Å². The normalized spacial score (nSPS) is 10.7. The van der Waals surface area contributed by atoms with E-state index < -0.39 is 11.9 Å². The van der Waals surface area contributed by atoms with Crippen LogP contribution in [0.2, 0.25) is 0 Å². The van der Waals surface area contributed by atoms with Crippen molar-refractivity contribution in [3.8, 4) is 29.1 Å². The van der Waals surface area contributed by atoms with Gasteiger partial charge in [-0.2, -0.15) is 5.26 Å². The van der Waals surface area contributed by atoms with Crippen molar-refractivity contribution < 1.29 is 37.7 Å². The van der Waals surface area contributed by atoms with E-state index in [0.717, 1.165) is 0 Å². The Kier molecular flexibility index (Phi) is 8.56. The molecule has 0 spiro atoms. The molecule has 36 heavy (non-hydrogen) atoms. The van der Waals surface area contributed by atoms with Crippen LogP contribution in [0.1, 0.15) is 21.9 Å². The first-order valence-electron chi connectivity index (χ1n) is 10.6. The summed E-state index contributed by atoms with van der Waals surface area (Å²) in [5.41, 5.74) is 0.865. The molecule has 0 aliphatic heterocycles. The average Bonchev–Trinajstić information content (AvgIpc) is 3.39. The number of methoxy groups -OCH3 is 4. The van der Waals surface area contributed by atoms with Gasteiger partial charge in [0.05, 0.1) is 28.4 Å². The monoisotopic (exact) mass is 492 g/mol. The number of carbonyl (C=O) groups is 2. The molecule has 2 aromatic carbocycles. The number of nitriles is 1. The van der Waals surface area contributed by atoms with Gasteiger partial charge in [0.1, 0.15) is 24.0 Å². The van der Waals surface area contributed by atoms with Gasteiger partial charge in [0, 0.05) is 11.8 Å². The zero-order chi connectivity index (χ0) is 26.1. The molecule has 0 fully saturated rings. The summed E-state index contributed by atoms with van der Waals surface area (Å²) in [6, 6.07) is 14.8. The van der Waals surface area contributed by atoms with E-state index in [2.05, 4.69) is 10.1 Å². The number of amides is 1. The van der Waals surface area contributed by atoms with Gasteiger partial charge in [-0.15, -0.1) is 0 Å². The lowest BCUT2D eigenvalue weighted by Gasteiger charge is -2.11. The Bertz CT molecular complexity index is 1320. The number of hydrogen-bond acceptors (Lipinski definition) is 9. The molecule has 0 radical (unpaired) electrons. The number of benzene rings is 2. The van der Waals surface area contributed by atoms with E-state index in [9.17, 15) is 14.9 Å². The van der Waals surface area contributed by atoms with Gasteiger partial charge in [0.15, 0.2) is 23.0 Å². The molecule has 0 unspecified atom stereocenters. The minimum Gasteiger partial charge on any atom is -0.493 e. The largest absolute Gasteiger partial charge is 0.493 e. The van der Waals surface area contributed by atoms with Crippen LogP contribution in [0.5, 0.6) is 23.0 Å². The number of furan rings is 1. The molecule has 3 aromatic rings. The SMILES string of the molecule is COC(=O)c1ccc(COc2ccc(/C=C(\C#N)C(=O)Nc3ccc(OC)c(OC)c3)cc2OC)o1. The molecule has 1 heterocycles. The van der Waals surface area contributed by atoms with Gasteiger partial charge in [0.25, 0.3) is 5.91 Å². The van der Waals surface area contributed by atoms with E-state index in [0.29, 0.717) is 40.0 Å². The van der Waals surface area contributed by atoms with E-state index in [4.69, 9.17) is 23.4 Å². The summed E-state index contributed by atoms with van der Waals surface area (Å²) in [6.45, 7) is 0.0414. The van der Waals surface area contributed by atoms with E-state index in [1.807, 2.05) is 6.07 Å². The second-order valence-corrected chi connectivity index (χ2v) is 7.15. The Morgan fingerprint density at radius 1 is 0.917 bits per heavy atom. The Balaban J connectivity index is 1.73. The quantitative estimate of drug-likeness (QED) is 0.251. The van der Waals surface area contributed by atoms with Crippen LogP contribution < -0.4 is 24.3 Å². The third kappa shape index (κ3) is 6.15. The van der Waals surface area contributed by atoms with Crippen molar-refractivity contribution in [2.24, 2.45) is 0 Å². The molecule has 1 aromatic heterocycles. The molecule has 0 atom stereocenters. The highest BCUT2D eigenvalue weighted by molar-refractivity contribution is 6.09. The molecule has 1 amide bonds. The number of nitrogens with zero attached hydrogens (tertiary/aromatic N) is 1. The summed E-state index contributed by atoms with van der Waals surface area (Å²) in [5.74, 6) is 1.03. The maximum Gasteiger partial charge on any atom is 0.373 e. The first-order chi connectivity index (χ1) is 17.4. The van der Waals surface area contributed by atoms with Crippen LogP contribution in [0.4, 0.5) is 5.69 Å². The fourth-order valence-electron chi connectivity index (χ4n) is 3.14. The zero-order valence-electron chi connectivity index (χ0n) is 20.1. The van der Waals surface area contributed by atoms with Crippen LogP contribution in [-0.2, 0) is 16.1 Å². The highest BCUT2D eigenvalue weighted by Gasteiger charge is 2.14. The van der Waals surface area contributed by atoms with Gasteiger partial charge < -0.3 is 33.4 Å². The third-order valence-electron chi connectivity index (χ3n) is 4.92. The Labute approximate surface area is 207 Å². The molecule has 0 aliphatic carbocycles. The molecular weight excluding hydrogens is 468 g/mol. The number of carbonyl (C=O) groups excluding carboxylic acids is 2. The van der Waals surface area contributed by atoms with E-state index in [1.165, 1.54) is 40.6 Å². The van der Waals surface area contributed by atoms with Gasteiger partial charge in [0.2, 0.25) is 5.76 Å². The molecule has 186 valence electrons. The van der Waals surface area contributed by atoms with Crippen molar-refractivity contribution in [3.63, 3.8) is 0 Å². The Morgan fingerprint density at radius 2 is 1.61 bits per heavy atom. The fourth-order valence-corrected chi connectivity index (χ4v) is 3.14. The number of rotatable bonds is 10. The van der Waals surface area contributed by atoms with Gasteiger partial charge >= 0.3 is 5.97 Å². The smallest absolute Gasteiger partial charge is 0.373 e. The summed E-state index contributed by atoms with van der Waals surface area (Å²) in [5, 5.41) is 12.2. The van der Waals surface area contributed by atoms with Crippen LogP contribution in [0.25, 0.3) is 6.08 Å². The highest BCUT2D eigenvalue weighted by atomic mass is 16.5. The van der Waals surface area contributed by atoms with Gasteiger partial charge in [-0.25, -0.2) is 4.79 Å². The summed E-state index contributed by atoms with van der Waals surface area (Å²) in [6.07, 6.45) is 1.43. The standard InChI is InChI=1S/C26H24N2O8/c1-31-20-9-6-18(13-24(20)33-3)28-25(29)17(14-27)11-16-5-8-21(23(12-16)32-2)35-15-19-7-10-22(36-19)26(30)34-4/h5-13H,15H2,1-4H3,(H,28,29)/b17-11+. The fraction of sp³-hybridized carbons (Fsp3) is 0.192. The lowest BCUT2D eigenvalue weighted by Crippen LogP contribution is -2.13. The van der Waals surface area contributed by atoms with Crippen molar-refractivity contribution >= 4 is 23.6 Å². The predicted molar refractivity (Wildman–Crippen MR) is 129 cm³/mol. The molecule has 1 N–H and O–H groups in total. The molecule has 0 aliphatic rings. The first-order valence-corrected chi connectivity index (χ1v) is 10.6. The maximum atomic E-state index is 12.7. The summed E-state index contributed by atoms with van der Waals surface area (Å²) in [7, 11) is 5.72. The van der Waals surface area contributed by atoms with Crippen molar-refractivity contribution in [1.29, 1.82) is 5.26 Å². The highest BCUT2D eigenvalue weighted by Crippen LogP contribution is 2.31. The summed E-state index contributed by atoms with van der Waals surface area (Å²) in [4.78, 5) is 24.2. The minimum atomic E-state index is -0.594. The van der Waals surface area contributed by atoms with Crippen molar-refractivity contribution in [2.75, 3.05) is 33.8 Å². The minimum absolute atomic E-state index is 0.0414. The van der Waals surface area contributed by atoms with Crippen molar-refractivity contribution in [1.82, 2.24) is 0 Å². The lowest BCUT2D eigenvalue weighted by molar-refractivity contribution is -0.112. The molecule has 0 bridgehead atoms. The Hall–Kier alpha value is -4.91. The third-order valence-corrected chi connectivity index (χ3v) is 4.92. The number of nitrogens with one attached hydrogen (secondary N) is 1. The lowest BCUT2D eigenvalue weighted by atomic mass is 10.1. The number of anilines is 1. The maximum absolute atomic E-state index is 12.7. The topological polar surface area (TPSA) is 129 Å². The zero-order valence-corrected chi connectivity index (χ0v) is 20.1. The van der Waals surface area contributed by atoms with E-state index >= 15 is 0 Å². The van der Waals surface area contributed by atoms with Crippen LogP contribution in [0, 0.1) is 11.3 Å². The van der Waals surface area contributed by atoms with Gasteiger partial charge in [-0.05, 0) is 48.0 Å². The van der Waals surface area contributed by atoms with Crippen molar-refractivity contribution in [3.05, 3.63) is 71.2 Å². The Morgan fingerprint density at radius 3 is 2.28 bits per heavy atom. The van der Waals surface area contributed by atoms with Gasteiger partial charge in [-0.3, -0.25) is 4.79 Å². The predicted octanol–water partition coefficient (Wildman–Crippen LogP) is 4.22. The number of esters is 1. The molecule has 0 saturated heterocycles.